The van der Waals surface area contributed by atoms with Gasteiger partial charge in [-0.05, 0) is 48.9 Å². The number of benzene rings is 3. The van der Waals surface area contributed by atoms with Gasteiger partial charge in [0.05, 0.1) is 13.2 Å². The van der Waals surface area contributed by atoms with E-state index in [1.807, 2.05) is 61.5 Å². The fraction of sp³-hybridized carbons (Fsp3) is 0.292. The molecular formula is C24H27NO3. The first kappa shape index (κ1) is 19.7. The lowest BCUT2D eigenvalue weighted by molar-refractivity contribution is -0.128. The van der Waals surface area contributed by atoms with E-state index in [0.717, 1.165) is 34.1 Å². The van der Waals surface area contributed by atoms with Crippen LogP contribution in [-0.2, 0) is 4.79 Å². The molecule has 2 atom stereocenters. The first-order valence-electron chi connectivity index (χ1n) is 9.62. The SMILES string of the molecule is CC[C@@H](NC(=O)[C@H](C)Oc1cccc2ccccc12)c1ccc(OC)c(C)c1. The quantitative estimate of drug-likeness (QED) is 0.616. The Kier molecular flexibility index (Phi) is 6.19. The minimum absolute atomic E-state index is 0.0735. The molecule has 0 radical (unpaired) electrons. The van der Waals surface area contributed by atoms with Crippen molar-refractivity contribution in [3.05, 3.63) is 71.8 Å². The van der Waals surface area contributed by atoms with Crippen molar-refractivity contribution in [3.63, 3.8) is 0 Å². The van der Waals surface area contributed by atoms with Crippen molar-refractivity contribution in [1.82, 2.24) is 5.32 Å². The molecule has 0 heterocycles. The molecule has 4 nitrogen and oxygen atoms in total. The summed E-state index contributed by atoms with van der Waals surface area (Å²) in [5.74, 6) is 1.43. The predicted molar refractivity (Wildman–Crippen MR) is 113 cm³/mol. The third-order valence-corrected chi connectivity index (χ3v) is 4.97. The van der Waals surface area contributed by atoms with E-state index < -0.39 is 6.10 Å². The van der Waals surface area contributed by atoms with Crippen molar-refractivity contribution in [2.75, 3.05) is 7.11 Å². The number of rotatable bonds is 7. The van der Waals surface area contributed by atoms with Crippen LogP contribution in [0.1, 0.15) is 37.4 Å². The molecule has 1 N–H and O–H groups in total. The predicted octanol–water partition coefficient (Wildman–Crippen LogP) is 5.19. The van der Waals surface area contributed by atoms with Crippen LogP contribution in [0.5, 0.6) is 11.5 Å². The summed E-state index contributed by atoms with van der Waals surface area (Å²) in [6.07, 6.45) is 0.192. The maximum Gasteiger partial charge on any atom is 0.261 e. The van der Waals surface area contributed by atoms with E-state index in [-0.39, 0.29) is 11.9 Å². The molecule has 4 heteroatoms. The highest BCUT2D eigenvalue weighted by atomic mass is 16.5. The number of carbonyl (C=O) groups is 1. The number of methoxy groups -OCH3 is 1. The Morgan fingerprint density at radius 1 is 1.04 bits per heavy atom. The molecule has 28 heavy (non-hydrogen) atoms. The molecule has 0 unspecified atom stereocenters. The Hall–Kier alpha value is -3.01. The normalized spacial score (nSPS) is 13.0. The zero-order valence-corrected chi connectivity index (χ0v) is 16.9. The van der Waals surface area contributed by atoms with Gasteiger partial charge in [0.1, 0.15) is 11.5 Å². The molecule has 0 saturated carbocycles. The van der Waals surface area contributed by atoms with Gasteiger partial charge in [-0.3, -0.25) is 4.79 Å². The summed E-state index contributed by atoms with van der Waals surface area (Å²) in [6, 6.07) is 19.8. The van der Waals surface area contributed by atoms with Gasteiger partial charge in [0.15, 0.2) is 6.10 Å². The van der Waals surface area contributed by atoms with Gasteiger partial charge in [0.25, 0.3) is 5.91 Å². The Bertz CT molecular complexity index is 962. The van der Waals surface area contributed by atoms with Crippen molar-refractivity contribution < 1.29 is 14.3 Å². The maximum absolute atomic E-state index is 12.8. The molecule has 3 aromatic rings. The van der Waals surface area contributed by atoms with E-state index in [0.29, 0.717) is 5.75 Å². The van der Waals surface area contributed by atoms with E-state index in [2.05, 4.69) is 18.3 Å². The Morgan fingerprint density at radius 3 is 2.50 bits per heavy atom. The van der Waals surface area contributed by atoms with Crippen LogP contribution in [0.2, 0.25) is 0 Å². The number of fused-ring (bicyclic) bond motifs is 1. The molecule has 0 aliphatic heterocycles. The number of hydrogen-bond donors (Lipinski definition) is 1. The number of nitrogens with one attached hydrogen (secondary N) is 1. The topological polar surface area (TPSA) is 47.6 Å². The maximum atomic E-state index is 12.8. The summed E-state index contributed by atoms with van der Waals surface area (Å²) >= 11 is 0. The molecule has 0 fully saturated rings. The van der Waals surface area contributed by atoms with Crippen LogP contribution in [0.25, 0.3) is 10.8 Å². The number of aryl methyl sites for hydroxylation is 1. The van der Waals surface area contributed by atoms with Crippen LogP contribution < -0.4 is 14.8 Å². The fourth-order valence-corrected chi connectivity index (χ4v) is 3.37. The smallest absolute Gasteiger partial charge is 0.261 e. The number of amides is 1. The second-order valence-electron chi connectivity index (χ2n) is 6.94. The average Bonchev–Trinajstić information content (AvgIpc) is 2.72. The van der Waals surface area contributed by atoms with Gasteiger partial charge in [-0.25, -0.2) is 0 Å². The summed E-state index contributed by atoms with van der Waals surface area (Å²) in [7, 11) is 1.66. The van der Waals surface area contributed by atoms with Crippen molar-refractivity contribution in [1.29, 1.82) is 0 Å². The van der Waals surface area contributed by atoms with Crippen molar-refractivity contribution in [2.45, 2.75) is 39.3 Å². The molecule has 0 bridgehead atoms. The second-order valence-corrected chi connectivity index (χ2v) is 6.94. The van der Waals surface area contributed by atoms with Crippen molar-refractivity contribution >= 4 is 16.7 Å². The van der Waals surface area contributed by atoms with Gasteiger partial charge in [0.2, 0.25) is 0 Å². The summed E-state index contributed by atoms with van der Waals surface area (Å²) in [4.78, 5) is 12.8. The van der Waals surface area contributed by atoms with Gasteiger partial charge in [-0.1, -0.05) is 55.5 Å². The third kappa shape index (κ3) is 4.28. The Morgan fingerprint density at radius 2 is 1.79 bits per heavy atom. The van der Waals surface area contributed by atoms with Crippen molar-refractivity contribution in [2.24, 2.45) is 0 Å². The van der Waals surface area contributed by atoms with E-state index in [9.17, 15) is 4.79 Å². The van der Waals surface area contributed by atoms with E-state index in [4.69, 9.17) is 9.47 Å². The van der Waals surface area contributed by atoms with Gasteiger partial charge >= 0.3 is 0 Å². The highest BCUT2D eigenvalue weighted by molar-refractivity contribution is 5.89. The lowest BCUT2D eigenvalue weighted by Gasteiger charge is -2.22. The summed E-state index contributed by atoms with van der Waals surface area (Å²) < 4.78 is 11.3. The van der Waals surface area contributed by atoms with Gasteiger partial charge in [-0.15, -0.1) is 0 Å². The van der Waals surface area contributed by atoms with Crippen LogP contribution in [-0.4, -0.2) is 19.1 Å². The molecule has 1 amide bonds. The highest BCUT2D eigenvalue weighted by Gasteiger charge is 2.20. The Labute approximate surface area is 166 Å². The van der Waals surface area contributed by atoms with Crippen LogP contribution in [0, 0.1) is 6.92 Å². The van der Waals surface area contributed by atoms with Crippen LogP contribution in [0.4, 0.5) is 0 Å². The second kappa shape index (κ2) is 8.79. The van der Waals surface area contributed by atoms with Gasteiger partial charge in [-0.2, -0.15) is 0 Å². The van der Waals surface area contributed by atoms with E-state index >= 15 is 0 Å². The summed E-state index contributed by atoms with van der Waals surface area (Å²) in [6.45, 7) is 5.84. The number of ether oxygens (including phenoxy) is 2. The molecule has 146 valence electrons. The molecule has 3 aromatic carbocycles. The van der Waals surface area contributed by atoms with Crippen LogP contribution in [0.15, 0.2) is 60.7 Å². The minimum atomic E-state index is -0.598. The molecule has 3 rings (SSSR count). The summed E-state index contributed by atoms with van der Waals surface area (Å²) in [5, 5.41) is 5.20. The van der Waals surface area contributed by atoms with Crippen LogP contribution in [0.3, 0.4) is 0 Å². The molecule has 0 aliphatic rings. The minimum Gasteiger partial charge on any atom is -0.496 e. The first-order chi connectivity index (χ1) is 13.5. The molecule has 0 spiro atoms. The van der Waals surface area contributed by atoms with Crippen LogP contribution >= 0.6 is 0 Å². The largest absolute Gasteiger partial charge is 0.496 e. The molecular weight excluding hydrogens is 350 g/mol. The van der Waals surface area contributed by atoms with E-state index in [1.165, 1.54) is 0 Å². The third-order valence-electron chi connectivity index (χ3n) is 4.97. The molecule has 0 aromatic heterocycles. The number of carbonyl (C=O) groups excluding carboxylic acids is 1. The average molecular weight is 377 g/mol. The lowest BCUT2D eigenvalue weighted by Crippen LogP contribution is -2.38. The fourth-order valence-electron chi connectivity index (χ4n) is 3.37. The van der Waals surface area contributed by atoms with E-state index in [1.54, 1.807) is 14.0 Å². The zero-order valence-electron chi connectivity index (χ0n) is 16.9. The molecule has 0 saturated heterocycles. The van der Waals surface area contributed by atoms with Crippen molar-refractivity contribution in [3.8, 4) is 11.5 Å². The van der Waals surface area contributed by atoms with Gasteiger partial charge in [0, 0.05) is 5.39 Å². The number of hydrogen-bond acceptors (Lipinski definition) is 3. The zero-order chi connectivity index (χ0) is 20.1. The summed E-state index contributed by atoms with van der Waals surface area (Å²) in [5.41, 5.74) is 2.11. The standard InChI is InChI=1S/C24H27NO3/c1-5-21(19-13-14-22(27-4)16(2)15-19)25-24(26)17(3)28-23-12-8-10-18-9-6-7-11-20(18)23/h6-15,17,21H,5H2,1-4H3,(H,25,26)/t17-,21+/m0/s1. The first-order valence-corrected chi connectivity index (χ1v) is 9.62. The monoisotopic (exact) mass is 377 g/mol. The molecule has 0 aliphatic carbocycles. The van der Waals surface area contributed by atoms with Gasteiger partial charge < -0.3 is 14.8 Å². The Balaban J connectivity index is 1.72. The lowest BCUT2D eigenvalue weighted by atomic mass is 10.0. The highest BCUT2D eigenvalue weighted by Crippen LogP contribution is 2.27.